The van der Waals surface area contributed by atoms with Crippen molar-refractivity contribution >= 4 is 34.5 Å². The molecule has 6 heteroatoms. The molecule has 0 radical (unpaired) electrons. The molecule has 0 aliphatic heterocycles. The molecule has 0 unspecified atom stereocenters. The van der Waals surface area contributed by atoms with Gasteiger partial charge in [0, 0.05) is 0 Å². The Morgan fingerprint density at radius 1 is 1.22 bits per heavy atom. The molecule has 0 saturated heterocycles. The average Bonchev–Trinajstić information content (AvgIpc) is 2.56. The first-order valence-corrected chi connectivity index (χ1v) is 8.69. The zero-order chi connectivity index (χ0) is 16.7. The van der Waals surface area contributed by atoms with Gasteiger partial charge in [-0.25, -0.2) is 9.59 Å². The number of esters is 1. The van der Waals surface area contributed by atoms with E-state index in [9.17, 15) is 9.59 Å². The number of carbonyl (C=O) groups excluding carboxylic acids is 2. The molecule has 2 aromatic carbocycles. The summed E-state index contributed by atoms with van der Waals surface area (Å²) in [6, 6.07) is 12.3. The number of carbonyl (C=O) groups is 2. The number of ether oxygens (including phenoxy) is 1. The number of hydrogen-bond donors (Lipinski definition) is 2. The Hall–Kier alpha value is -2.21. The van der Waals surface area contributed by atoms with Gasteiger partial charge in [0.1, 0.15) is 12.6 Å². The maximum Gasteiger partial charge on any atom is 0.329 e. The van der Waals surface area contributed by atoms with Gasteiger partial charge in [-0.1, -0.05) is 42.5 Å². The van der Waals surface area contributed by atoms with Crippen molar-refractivity contribution in [3.63, 3.8) is 0 Å². The van der Waals surface area contributed by atoms with Crippen LogP contribution in [0.15, 0.2) is 42.5 Å². The molecule has 0 saturated carbocycles. The molecule has 0 bridgehead atoms. The minimum absolute atomic E-state index is 0.163. The van der Waals surface area contributed by atoms with Crippen molar-refractivity contribution in [3.05, 3.63) is 48.0 Å². The number of nitrogens with one attached hydrogen (secondary N) is 1. The number of thioether (sulfide) groups is 1. The Morgan fingerprint density at radius 2 is 1.96 bits per heavy atom. The summed E-state index contributed by atoms with van der Waals surface area (Å²) in [6.45, 7) is 0.163. The molecule has 0 spiro atoms. The minimum atomic E-state index is -0.724. The first kappa shape index (κ1) is 17.1. The number of hydrogen-bond acceptors (Lipinski definition) is 4. The minimum Gasteiger partial charge on any atom is -0.459 e. The van der Waals surface area contributed by atoms with E-state index in [2.05, 4.69) is 5.32 Å². The van der Waals surface area contributed by atoms with E-state index in [0.717, 1.165) is 22.1 Å². The largest absolute Gasteiger partial charge is 0.459 e. The summed E-state index contributed by atoms with van der Waals surface area (Å²) >= 11 is 1.59. The quantitative estimate of drug-likeness (QED) is 0.764. The molecule has 122 valence electrons. The van der Waals surface area contributed by atoms with Crippen LogP contribution < -0.4 is 11.1 Å². The van der Waals surface area contributed by atoms with Crippen LogP contribution in [0, 0.1) is 0 Å². The van der Waals surface area contributed by atoms with E-state index >= 15 is 0 Å². The van der Waals surface area contributed by atoms with E-state index in [-0.39, 0.29) is 6.61 Å². The highest BCUT2D eigenvalue weighted by atomic mass is 32.2. The molecule has 2 rings (SSSR count). The smallest absolute Gasteiger partial charge is 0.329 e. The van der Waals surface area contributed by atoms with Crippen molar-refractivity contribution in [3.8, 4) is 0 Å². The molecule has 0 aromatic heterocycles. The van der Waals surface area contributed by atoms with E-state index in [1.54, 1.807) is 11.8 Å². The summed E-state index contributed by atoms with van der Waals surface area (Å²) in [5, 5.41) is 4.58. The third-order valence-electron chi connectivity index (χ3n) is 3.46. The van der Waals surface area contributed by atoms with Crippen LogP contribution in [0.25, 0.3) is 10.8 Å². The summed E-state index contributed by atoms with van der Waals surface area (Å²) < 4.78 is 5.38. The fourth-order valence-electron chi connectivity index (χ4n) is 2.32. The first-order valence-electron chi connectivity index (χ1n) is 7.30. The number of fused-ring (bicyclic) bond motifs is 1. The zero-order valence-corrected chi connectivity index (χ0v) is 13.8. The van der Waals surface area contributed by atoms with E-state index in [0.29, 0.717) is 6.42 Å². The topological polar surface area (TPSA) is 81.4 Å². The second-order valence-electron chi connectivity index (χ2n) is 5.09. The van der Waals surface area contributed by atoms with Crippen molar-refractivity contribution in [1.29, 1.82) is 0 Å². The predicted octanol–water partition coefficient (Wildman–Crippen LogP) is 2.67. The third-order valence-corrected chi connectivity index (χ3v) is 4.11. The Balaban J connectivity index is 2.04. The van der Waals surface area contributed by atoms with Gasteiger partial charge in [-0.15, -0.1) is 0 Å². The SMILES string of the molecule is CSCC[C@@H](NC(N)=O)C(=O)OCc1cccc2ccccc12. The van der Waals surface area contributed by atoms with Crippen LogP contribution in [-0.4, -0.2) is 30.1 Å². The molecule has 5 nitrogen and oxygen atoms in total. The van der Waals surface area contributed by atoms with Gasteiger partial charge in [-0.2, -0.15) is 11.8 Å². The molecule has 1 atom stereocenters. The Morgan fingerprint density at radius 3 is 2.70 bits per heavy atom. The van der Waals surface area contributed by atoms with Crippen LogP contribution in [0.5, 0.6) is 0 Å². The molecule has 0 heterocycles. The van der Waals surface area contributed by atoms with Crippen LogP contribution in [-0.2, 0) is 16.1 Å². The van der Waals surface area contributed by atoms with Gasteiger partial charge >= 0.3 is 12.0 Å². The predicted molar refractivity (Wildman–Crippen MR) is 93.3 cm³/mol. The maximum atomic E-state index is 12.2. The van der Waals surface area contributed by atoms with Crippen molar-refractivity contribution in [1.82, 2.24) is 5.32 Å². The lowest BCUT2D eigenvalue weighted by Gasteiger charge is -2.16. The van der Waals surface area contributed by atoms with Gasteiger partial charge in [0.25, 0.3) is 0 Å². The molecule has 2 aromatic rings. The van der Waals surface area contributed by atoms with Crippen molar-refractivity contribution < 1.29 is 14.3 Å². The second kappa shape index (κ2) is 8.43. The van der Waals surface area contributed by atoms with Crippen LogP contribution >= 0.6 is 11.8 Å². The molecular formula is C17H20N2O3S. The zero-order valence-electron chi connectivity index (χ0n) is 13.0. The van der Waals surface area contributed by atoms with Crippen LogP contribution in [0.3, 0.4) is 0 Å². The standard InChI is InChI=1S/C17H20N2O3S/c1-23-10-9-15(19-17(18)21)16(20)22-11-13-7-4-6-12-5-2-3-8-14(12)13/h2-8,15H,9-11H2,1H3,(H3,18,19,21)/t15-/m1/s1. The number of amides is 2. The van der Waals surface area contributed by atoms with Gasteiger partial charge in [0.05, 0.1) is 0 Å². The number of urea groups is 1. The Labute approximate surface area is 139 Å². The number of primary amides is 1. The second-order valence-corrected chi connectivity index (χ2v) is 6.07. The summed E-state index contributed by atoms with van der Waals surface area (Å²) in [4.78, 5) is 23.2. The highest BCUT2D eigenvalue weighted by molar-refractivity contribution is 7.98. The lowest BCUT2D eigenvalue weighted by Crippen LogP contribution is -2.44. The molecule has 0 aliphatic carbocycles. The molecule has 0 fully saturated rings. The monoisotopic (exact) mass is 332 g/mol. The lowest BCUT2D eigenvalue weighted by molar-refractivity contribution is -0.147. The maximum absolute atomic E-state index is 12.2. The molecule has 0 aliphatic rings. The van der Waals surface area contributed by atoms with Crippen LogP contribution in [0.1, 0.15) is 12.0 Å². The van der Waals surface area contributed by atoms with Crippen LogP contribution in [0.4, 0.5) is 4.79 Å². The first-order chi connectivity index (χ1) is 11.1. The van der Waals surface area contributed by atoms with Crippen molar-refractivity contribution in [2.45, 2.75) is 19.1 Å². The summed E-state index contributed by atoms with van der Waals surface area (Å²) in [5.41, 5.74) is 6.05. The lowest BCUT2D eigenvalue weighted by atomic mass is 10.1. The third kappa shape index (κ3) is 4.89. The van der Waals surface area contributed by atoms with Crippen molar-refractivity contribution in [2.75, 3.05) is 12.0 Å². The van der Waals surface area contributed by atoms with E-state index in [1.807, 2.05) is 48.7 Å². The summed E-state index contributed by atoms with van der Waals surface area (Å²) in [5.74, 6) is 0.264. The molecular weight excluding hydrogens is 312 g/mol. The fourth-order valence-corrected chi connectivity index (χ4v) is 2.80. The van der Waals surface area contributed by atoms with Gasteiger partial charge in [-0.3, -0.25) is 0 Å². The molecule has 23 heavy (non-hydrogen) atoms. The van der Waals surface area contributed by atoms with E-state index in [4.69, 9.17) is 10.5 Å². The summed E-state index contributed by atoms with van der Waals surface area (Å²) in [6.07, 6.45) is 2.42. The Bertz CT molecular complexity index is 685. The number of rotatable bonds is 7. The van der Waals surface area contributed by atoms with Gasteiger partial charge in [0.15, 0.2) is 0 Å². The van der Waals surface area contributed by atoms with Crippen LogP contribution in [0.2, 0.25) is 0 Å². The average molecular weight is 332 g/mol. The van der Waals surface area contributed by atoms with E-state index in [1.165, 1.54) is 0 Å². The normalized spacial score (nSPS) is 11.9. The number of benzene rings is 2. The highest BCUT2D eigenvalue weighted by Gasteiger charge is 2.21. The van der Waals surface area contributed by atoms with Gasteiger partial charge < -0.3 is 15.8 Å². The summed E-state index contributed by atoms with van der Waals surface area (Å²) in [7, 11) is 0. The molecule has 2 amide bonds. The molecule has 3 N–H and O–H groups in total. The van der Waals surface area contributed by atoms with Gasteiger partial charge in [0.2, 0.25) is 0 Å². The van der Waals surface area contributed by atoms with E-state index < -0.39 is 18.0 Å². The highest BCUT2D eigenvalue weighted by Crippen LogP contribution is 2.19. The van der Waals surface area contributed by atoms with Gasteiger partial charge in [-0.05, 0) is 34.8 Å². The Kier molecular flexibility index (Phi) is 6.29. The number of nitrogens with two attached hydrogens (primary N) is 1. The van der Waals surface area contributed by atoms with Crippen molar-refractivity contribution in [2.24, 2.45) is 5.73 Å². The fraction of sp³-hybridized carbons (Fsp3) is 0.294.